The second-order valence-electron chi connectivity index (χ2n) is 6.77. The summed E-state index contributed by atoms with van der Waals surface area (Å²) in [7, 11) is 0. The van der Waals surface area contributed by atoms with Crippen LogP contribution in [0.15, 0.2) is 28.5 Å². The lowest BCUT2D eigenvalue weighted by Gasteiger charge is -2.15. The van der Waals surface area contributed by atoms with Crippen LogP contribution in [0, 0.1) is 0 Å². The SMILES string of the molecule is O=C(CCc1csc(NC(=O)c2ccc[nH]c2=O)n1)NC1CCCCCC1. The highest BCUT2D eigenvalue weighted by Crippen LogP contribution is 2.19. The summed E-state index contributed by atoms with van der Waals surface area (Å²) < 4.78 is 0. The van der Waals surface area contributed by atoms with Gasteiger partial charge in [0.15, 0.2) is 5.13 Å². The number of hydrogen-bond donors (Lipinski definition) is 3. The van der Waals surface area contributed by atoms with Crippen LogP contribution in [-0.4, -0.2) is 27.8 Å². The Morgan fingerprint density at radius 2 is 2.00 bits per heavy atom. The summed E-state index contributed by atoms with van der Waals surface area (Å²) in [6.07, 6.45) is 9.40. The molecule has 1 aliphatic rings. The zero-order valence-electron chi connectivity index (χ0n) is 15.1. The van der Waals surface area contributed by atoms with Gasteiger partial charge in [0.1, 0.15) is 5.56 Å². The number of nitrogens with one attached hydrogen (secondary N) is 3. The van der Waals surface area contributed by atoms with Crippen molar-refractivity contribution >= 4 is 28.3 Å². The van der Waals surface area contributed by atoms with Crippen LogP contribution in [0.4, 0.5) is 5.13 Å². The average Bonchev–Trinajstić information content (AvgIpc) is 2.94. The first-order valence-corrected chi connectivity index (χ1v) is 10.2. The van der Waals surface area contributed by atoms with E-state index in [2.05, 4.69) is 20.6 Å². The number of rotatable bonds is 6. The molecule has 0 spiro atoms. The number of anilines is 1. The minimum Gasteiger partial charge on any atom is -0.353 e. The van der Waals surface area contributed by atoms with Crippen molar-refractivity contribution in [2.45, 2.75) is 57.4 Å². The molecule has 0 unspecified atom stereocenters. The first kappa shape index (κ1) is 19.3. The largest absolute Gasteiger partial charge is 0.353 e. The predicted molar refractivity (Wildman–Crippen MR) is 105 cm³/mol. The Labute approximate surface area is 161 Å². The van der Waals surface area contributed by atoms with E-state index in [1.807, 2.05) is 5.38 Å². The van der Waals surface area contributed by atoms with E-state index in [0.717, 1.165) is 18.5 Å². The molecule has 144 valence electrons. The third kappa shape index (κ3) is 5.75. The number of carbonyl (C=O) groups excluding carboxylic acids is 2. The molecule has 0 radical (unpaired) electrons. The van der Waals surface area contributed by atoms with Crippen LogP contribution in [0.1, 0.15) is 61.0 Å². The van der Waals surface area contributed by atoms with Crippen LogP contribution in [0.2, 0.25) is 0 Å². The molecule has 0 atom stereocenters. The molecule has 7 nitrogen and oxygen atoms in total. The van der Waals surface area contributed by atoms with E-state index >= 15 is 0 Å². The van der Waals surface area contributed by atoms with Gasteiger partial charge in [-0.25, -0.2) is 4.98 Å². The number of thiazole rings is 1. The van der Waals surface area contributed by atoms with Crippen molar-refractivity contribution in [2.75, 3.05) is 5.32 Å². The highest BCUT2D eigenvalue weighted by atomic mass is 32.1. The van der Waals surface area contributed by atoms with E-state index in [1.54, 1.807) is 6.07 Å². The molecule has 0 aliphatic heterocycles. The minimum atomic E-state index is -0.496. The Morgan fingerprint density at radius 1 is 1.22 bits per heavy atom. The second kappa shape index (κ2) is 9.45. The lowest BCUT2D eigenvalue weighted by atomic mass is 10.1. The number of aryl methyl sites for hydroxylation is 1. The lowest BCUT2D eigenvalue weighted by molar-refractivity contribution is -0.121. The fourth-order valence-electron chi connectivity index (χ4n) is 3.21. The Balaban J connectivity index is 1.47. The maximum atomic E-state index is 12.2. The molecular formula is C19H24N4O3S. The predicted octanol–water partition coefficient (Wildman–Crippen LogP) is 2.86. The fraction of sp³-hybridized carbons (Fsp3) is 0.474. The van der Waals surface area contributed by atoms with Gasteiger partial charge in [0, 0.05) is 24.0 Å². The number of nitrogens with zero attached hydrogens (tertiary/aromatic N) is 1. The van der Waals surface area contributed by atoms with E-state index in [0.29, 0.717) is 24.0 Å². The quantitative estimate of drug-likeness (QED) is 0.662. The van der Waals surface area contributed by atoms with Gasteiger partial charge in [-0.3, -0.25) is 19.7 Å². The van der Waals surface area contributed by atoms with Crippen molar-refractivity contribution in [3.63, 3.8) is 0 Å². The number of aromatic amines is 1. The maximum absolute atomic E-state index is 12.2. The summed E-state index contributed by atoms with van der Waals surface area (Å²) >= 11 is 1.28. The zero-order chi connectivity index (χ0) is 19.1. The van der Waals surface area contributed by atoms with Crippen LogP contribution >= 0.6 is 11.3 Å². The minimum absolute atomic E-state index is 0.0389. The zero-order valence-corrected chi connectivity index (χ0v) is 15.9. The van der Waals surface area contributed by atoms with Gasteiger partial charge in [-0.1, -0.05) is 25.7 Å². The fourth-order valence-corrected chi connectivity index (χ4v) is 3.95. The number of H-pyrrole nitrogens is 1. The third-order valence-electron chi connectivity index (χ3n) is 4.66. The van der Waals surface area contributed by atoms with Gasteiger partial charge in [0.05, 0.1) is 5.69 Å². The molecule has 0 aromatic carbocycles. The van der Waals surface area contributed by atoms with E-state index in [4.69, 9.17) is 0 Å². The molecular weight excluding hydrogens is 364 g/mol. The summed E-state index contributed by atoms with van der Waals surface area (Å²) in [5.74, 6) is -0.444. The first-order chi connectivity index (χ1) is 13.1. The highest BCUT2D eigenvalue weighted by molar-refractivity contribution is 7.14. The molecule has 1 aliphatic carbocycles. The summed E-state index contributed by atoms with van der Waals surface area (Å²) in [6.45, 7) is 0. The maximum Gasteiger partial charge on any atom is 0.263 e. The molecule has 27 heavy (non-hydrogen) atoms. The smallest absolute Gasteiger partial charge is 0.263 e. The van der Waals surface area contributed by atoms with Crippen molar-refractivity contribution in [1.82, 2.24) is 15.3 Å². The number of aromatic nitrogens is 2. The molecule has 1 saturated carbocycles. The first-order valence-electron chi connectivity index (χ1n) is 9.34. The normalized spacial score (nSPS) is 15.1. The molecule has 1 fully saturated rings. The number of pyridine rings is 1. The van der Waals surface area contributed by atoms with Crippen LogP contribution in [-0.2, 0) is 11.2 Å². The molecule has 2 aromatic rings. The van der Waals surface area contributed by atoms with Crippen molar-refractivity contribution in [3.05, 3.63) is 45.3 Å². The van der Waals surface area contributed by atoms with Crippen LogP contribution in [0.3, 0.4) is 0 Å². The van der Waals surface area contributed by atoms with Crippen molar-refractivity contribution < 1.29 is 9.59 Å². The van der Waals surface area contributed by atoms with Crippen LogP contribution in [0.25, 0.3) is 0 Å². The Kier molecular flexibility index (Phi) is 6.75. The van der Waals surface area contributed by atoms with Gasteiger partial charge in [-0.05, 0) is 31.4 Å². The molecule has 0 bridgehead atoms. The van der Waals surface area contributed by atoms with Gasteiger partial charge in [-0.15, -0.1) is 11.3 Å². The molecule has 2 amide bonds. The van der Waals surface area contributed by atoms with Gasteiger partial charge < -0.3 is 10.3 Å². The number of amides is 2. The van der Waals surface area contributed by atoms with Gasteiger partial charge in [0.25, 0.3) is 11.5 Å². The average molecular weight is 388 g/mol. The van der Waals surface area contributed by atoms with E-state index < -0.39 is 11.5 Å². The molecule has 2 heterocycles. The summed E-state index contributed by atoms with van der Waals surface area (Å²) in [5, 5.41) is 7.99. The summed E-state index contributed by atoms with van der Waals surface area (Å²) in [4.78, 5) is 42.7. The Morgan fingerprint density at radius 3 is 2.74 bits per heavy atom. The van der Waals surface area contributed by atoms with Crippen molar-refractivity contribution in [2.24, 2.45) is 0 Å². The molecule has 3 rings (SSSR count). The standard InChI is InChI=1S/C19H24N4O3S/c24-16(21-13-6-3-1-2-4-7-13)10-9-14-12-27-19(22-14)23-18(26)15-8-5-11-20-17(15)25/h5,8,11-13H,1-4,6-7,9-10H2,(H,20,25)(H,21,24)(H,22,23,26). The van der Waals surface area contributed by atoms with Gasteiger partial charge >= 0.3 is 0 Å². The van der Waals surface area contributed by atoms with Crippen LogP contribution < -0.4 is 16.2 Å². The molecule has 3 N–H and O–H groups in total. The number of hydrogen-bond acceptors (Lipinski definition) is 5. The van der Waals surface area contributed by atoms with Gasteiger partial charge in [-0.2, -0.15) is 0 Å². The second-order valence-corrected chi connectivity index (χ2v) is 7.63. The topological polar surface area (TPSA) is 104 Å². The van der Waals surface area contributed by atoms with E-state index in [1.165, 1.54) is 49.3 Å². The summed E-state index contributed by atoms with van der Waals surface area (Å²) in [6, 6.07) is 3.35. The molecule has 2 aromatic heterocycles. The molecule has 0 saturated heterocycles. The lowest BCUT2D eigenvalue weighted by Crippen LogP contribution is -2.34. The van der Waals surface area contributed by atoms with E-state index in [-0.39, 0.29) is 11.5 Å². The highest BCUT2D eigenvalue weighted by Gasteiger charge is 2.16. The van der Waals surface area contributed by atoms with Crippen molar-refractivity contribution in [3.8, 4) is 0 Å². The Bertz CT molecular complexity index is 837. The third-order valence-corrected chi connectivity index (χ3v) is 5.47. The Hall–Kier alpha value is -2.48. The monoisotopic (exact) mass is 388 g/mol. The summed E-state index contributed by atoms with van der Waals surface area (Å²) in [5.41, 5.74) is 0.354. The van der Waals surface area contributed by atoms with Crippen molar-refractivity contribution in [1.29, 1.82) is 0 Å². The number of carbonyl (C=O) groups is 2. The van der Waals surface area contributed by atoms with E-state index in [9.17, 15) is 14.4 Å². The molecule has 8 heteroatoms. The van der Waals surface area contributed by atoms with Crippen LogP contribution in [0.5, 0.6) is 0 Å². The van der Waals surface area contributed by atoms with Gasteiger partial charge in [0.2, 0.25) is 5.91 Å².